The Bertz CT molecular complexity index is 901. The molecule has 2 aromatic heterocycles. The molecule has 104 valence electrons. The quantitative estimate of drug-likeness (QED) is 0.724. The zero-order chi connectivity index (χ0) is 14.5. The molecule has 0 unspecified atom stereocenters. The second kappa shape index (κ2) is 4.78. The van der Waals surface area contributed by atoms with Crippen LogP contribution in [-0.2, 0) is 10.0 Å². The van der Waals surface area contributed by atoms with Crippen LogP contribution in [0.4, 0.5) is 0 Å². The van der Waals surface area contributed by atoms with Crippen molar-refractivity contribution in [3.8, 4) is 11.3 Å². The maximum atomic E-state index is 11.3. The van der Waals surface area contributed by atoms with Crippen molar-refractivity contribution in [3.63, 3.8) is 0 Å². The Morgan fingerprint density at radius 2 is 1.95 bits per heavy atom. The Kier molecular flexibility index (Phi) is 3.33. The fourth-order valence-corrected chi connectivity index (χ4v) is 4.00. The van der Waals surface area contributed by atoms with E-state index in [0.29, 0.717) is 20.3 Å². The SMILES string of the molecule is NS(=O)(=O)c1nn2c(-c3ccc(Cl)cc3)c(Br)nc2s1. The molecule has 0 saturated heterocycles. The van der Waals surface area contributed by atoms with Gasteiger partial charge in [-0.3, -0.25) is 0 Å². The van der Waals surface area contributed by atoms with Crippen molar-refractivity contribution in [2.24, 2.45) is 5.14 Å². The lowest BCUT2D eigenvalue weighted by atomic mass is 10.2. The van der Waals surface area contributed by atoms with Gasteiger partial charge in [0.25, 0.3) is 10.0 Å². The van der Waals surface area contributed by atoms with Crippen LogP contribution in [0.2, 0.25) is 5.02 Å². The van der Waals surface area contributed by atoms with Crippen molar-refractivity contribution in [1.82, 2.24) is 14.6 Å². The van der Waals surface area contributed by atoms with Crippen LogP contribution in [0.15, 0.2) is 33.2 Å². The van der Waals surface area contributed by atoms with Gasteiger partial charge in [0.05, 0.1) is 0 Å². The molecule has 0 spiro atoms. The van der Waals surface area contributed by atoms with Crippen molar-refractivity contribution in [2.45, 2.75) is 4.34 Å². The number of primary sulfonamides is 1. The normalized spacial score (nSPS) is 12.2. The van der Waals surface area contributed by atoms with Crippen molar-refractivity contribution >= 4 is 53.9 Å². The third kappa shape index (κ3) is 2.35. The molecule has 0 atom stereocenters. The third-order valence-electron chi connectivity index (χ3n) is 2.50. The predicted molar refractivity (Wildman–Crippen MR) is 80.4 cm³/mol. The number of hydrogen-bond acceptors (Lipinski definition) is 5. The van der Waals surface area contributed by atoms with Gasteiger partial charge in [-0.1, -0.05) is 35.1 Å². The predicted octanol–water partition coefficient (Wildman–Crippen LogP) is 2.52. The highest BCUT2D eigenvalue weighted by Gasteiger charge is 2.21. The van der Waals surface area contributed by atoms with E-state index in [1.54, 1.807) is 24.3 Å². The van der Waals surface area contributed by atoms with E-state index in [2.05, 4.69) is 26.0 Å². The summed E-state index contributed by atoms with van der Waals surface area (Å²) in [4.78, 5) is 4.66. The molecule has 0 fully saturated rings. The first-order chi connectivity index (χ1) is 9.36. The van der Waals surface area contributed by atoms with Crippen LogP contribution in [0.5, 0.6) is 0 Å². The van der Waals surface area contributed by atoms with E-state index in [1.807, 2.05) is 0 Å². The average molecular weight is 394 g/mol. The highest BCUT2D eigenvalue weighted by molar-refractivity contribution is 9.10. The van der Waals surface area contributed by atoms with Crippen LogP contribution in [0, 0.1) is 0 Å². The first kappa shape index (κ1) is 14.0. The van der Waals surface area contributed by atoms with Crippen molar-refractivity contribution in [1.29, 1.82) is 0 Å². The summed E-state index contributed by atoms with van der Waals surface area (Å²) in [5, 5.41) is 9.68. The summed E-state index contributed by atoms with van der Waals surface area (Å²) in [5.41, 5.74) is 1.45. The van der Waals surface area contributed by atoms with Crippen molar-refractivity contribution < 1.29 is 8.42 Å². The fraction of sp³-hybridized carbons (Fsp3) is 0. The van der Waals surface area contributed by atoms with Crippen LogP contribution in [0.25, 0.3) is 16.2 Å². The number of imidazole rings is 1. The molecule has 3 rings (SSSR count). The number of rotatable bonds is 2. The second-order valence-corrected chi connectivity index (χ2v) is 7.74. The summed E-state index contributed by atoms with van der Waals surface area (Å²) in [6.45, 7) is 0. The minimum Gasteiger partial charge on any atom is -0.223 e. The number of fused-ring (bicyclic) bond motifs is 1. The summed E-state index contributed by atoms with van der Waals surface area (Å²) in [7, 11) is -3.84. The Morgan fingerprint density at radius 1 is 1.30 bits per heavy atom. The molecule has 0 amide bonds. The van der Waals surface area contributed by atoms with Gasteiger partial charge in [0.1, 0.15) is 10.3 Å². The molecule has 0 aliphatic heterocycles. The maximum absolute atomic E-state index is 11.3. The smallest absolute Gasteiger partial charge is 0.223 e. The lowest BCUT2D eigenvalue weighted by Crippen LogP contribution is -2.12. The number of halogens is 2. The minimum atomic E-state index is -3.84. The van der Waals surface area contributed by atoms with E-state index < -0.39 is 10.0 Å². The van der Waals surface area contributed by atoms with Crippen LogP contribution in [0.1, 0.15) is 0 Å². The lowest BCUT2D eigenvalue weighted by Gasteiger charge is -2.00. The molecule has 2 heterocycles. The van der Waals surface area contributed by atoms with Gasteiger partial charge < -0.3 is 0 Å². The molecular weight excluding hydrogens is 388 g/mol. The summed E-state index contributed by atoms with van der Waals surface area (Å²) >= 11 is 10.1. The number of nitrogens with two attached hydrogens (primary N) is 1. The first-order valence-corrected chi connectivity index (χ1v) is 8.73. The fourth-order valence-electron chi connectivity index (χ4n) is 1.67. The number of sulfonamides is 1. The number of nitrogens with zero attached hydrogens (tertiary/aromatic N) is 3. The molecule has 6 nitrogen and oxygen atoms in total. The molecule has 0 radical (unpaired) electrons. The summed E-state index contributed by atoms with van der Waals surface area (Å²) < 4.78 is 24.5. The molecule has 0 aliphatic carbocycles. The zero-order valence-corrected chi connectivity index (χ0v) is 13.6. The molecule has 3 aromatic rings. The van der Waals surface area contributed by atoms with Gasteiger partial charge in [0.15, 0.2) is 0 Å². The van der Waals surface area contributed by atoms with E-state index in [4.69, 9.17) is 16.7 Å². The largest absolute Gasteiger partial charge is 0.267 e. The Morgan fingerprint density at radius 3 is 2.55 bits per heavy atom. The summed E-state index contributed by atoms with van der Waals surface area (Å²) in [5.74, 6) is 0. The highest BCUT2D eigenvalue weighted by atomic mass is 79.9. The highest BCUT2D eigenvalue weighted by Crippen LogP contribution is 2.32. The van der Waals surface area contributed by atoms with Gasteiger partial charge in [0.2, 0.25) is 9.30 Å². The van der Waals surface area contributed by atoms with Crippen LogP contribution in [0.3, 0.4) is 0 Å². The van der Waals surface area contributed by atoms with Crippen molar-refractivity contribution in [3.05, 3.63) is 33.9 Å². The van der Waals surface area contributed by atoms with Gasteiger partial charge in [-0.15, -0.1) is 5.10 Å². The van der Waals surface area contributed by atoms with E-state index >= 15 is 0 Å². The molecule has 0 aliphatic rings. The lowest BCUT2D eigenvalue weighted by molar-refractivity contribution is 0.595. The Balaban J connectivity index is 2.27. The second-order valence-electron chi connectivity index (χ2n) is 3.87. The van der Waals surface area contributed by atoms with E-state index in [9.17, 15) is 8.42 Å². The molecule has 0 bridgehead atoms. The van der Waals surface area contributed by atoms with Crippen LogP contribution >= 0.6 is 38.9 Å². The topological polar surface area (TPSA) is 90.4 Å². The third-order valence-corrected chi connectivity index (χ3v) is 5.53. The van der Waals surface area contributed by atoms with Gasteiger partial charge in [0, 0.05) is 10.6 Å². The molecule has 2 N–H and O–H groups in total. The molecule has 20 heavy (non-hydrogen) atoms. The summed E-state index contributed by atoms with van der Waals surface area (Å²) in [6.07, 6.45) is 0. The van der Waals surface area contributed by atoms with Crippen LogP contribution in [-0.4, -0.2) is 23.0 Å². The summed E-state index contributed by atoms with van der Waals surface area (Å²) in [6, 6.07) is 7.06. The first-order valence-electron chi connectivity index (χ1n) is 5.20. The van der Waals surface area contributed by atoms with Crippen LogP contribution < -0.4 is 5.14 Å². The number of benzene rings is 1. The monoisotopic (exact) mass is 392 g/mol. The van der Waals surface area contributed by atoms with Gasteiger partial charge >= 0.3 is 0 Å². The number of hydrogen-bond donors (Lipinski definition) is 1. The molecule has 10 heteroatoms. The van der Waals surface area contributed by atoms with Crippen molar-refractivity contribution in [2.75, 3.05) is 0 Å². The Hall–Kier alpha value is -1.000. The molecule has 0 saturated carbocycles. The molecule has 1 aromatic carbocycles. The van der Waals surface area contributed by atoms with Gasteiger partial charge in [-0.25, -0.2) is 23.1 Å². The van der Waals surface area contributed by atoms with E-state index in [0.717, 1.165) is 16.9 Å². The number of aromatic nitrogens is 3. The molecular formula is C10H6BrClN4O2S2. The van der Waals surface area contributed by atoms with E-state index in [-0.39, 0.29) is 4.34 Å². The zero-order valence-electron chi connectivity index (χ0n) is 9.62. The average Bonchev–Trinajstić information content (AvgIpc) is 2.87. The Labute approximate surface area is 131 Å². The van der Waals surface area contributed by atoms with Gasteiger partial charge in [-0.05, 0) is 28.1 Å². The van der Waals surface area contributed by atoms with E-state index in [1.165, 1.54) is 4.52 Å². The van der Waals surface area contributed by atoms with Gasteiger partial charge in [-0.2, -0.15) is 0 Å². The standard InChI is InChI=1S/C10H6BrClN4O2S2/c11-8-7(5-1-3-6(12)4-2-5)16-9(14-8)19-10(15-16)20(13,17)18/h1-4H,(H2,13,17,18). The maximum Gasteiger partial charge on any atom is 0.267 e. The minimum absolute atomic E-state index is 0.178.